The molecule has 5 heterocycles. The van der Waals surface area contributed by atoms with E-state index < -0.39 is 76.8 Å². The number of Topliss-reactive ketones (excluding diaryl/α,β-unsaturated/α-hetero) is 1. The number of aliphatic hydroxyl groups is 2. The lowest BCUT2D eigenvalue weighted by atomic mass is 9.72. The lowest BCUT2D eigenvalue weighted by Gasteiger charge is -2.55. The van der Waals surface area contributed by atoms with Crippen molar-refractivity contribution in [3.05, 3.63) is 12.2 Å². The van der Waals surface area contributed by atoms with Gasteiger partial charge >= 0.3 is 12.0 Å². The summed E-state index contributed by atoms with van der Waals surface area (Å²) in [5.74, 6) is -5.87. The zero-order chi connectivity index (χ0) is 44.7. The molecule has 1 aliphatic carbocycles. The van der Waals surface area contributed by atoms with Crippen LogP contribution in [0.4, 0.5) is 4.79 Å². The highest BCUT2D eigenvalue weighted by molar-refractivity contribution is 5.84. The maximum absolute atomic E-state index is 14.7. The molecule has 1 unspecified atom stereocenters. The summed E-state index contributed by atoms with van der Waals surface area (Å²) in [6.07, 6.45) is 10.8. The van der Waals surface area contributed by atoms with Gasteiger partial charge in [-0.2, -0.15) is 0 Å². The molecule has 5 N–H and O–H groups in total. The van der Waals surface area contributed by atoms with Gasteiger partial charge in [-0.1, -0.05) is 74.3 Å². The average molecular weight is 861 g/mol. The summed E-state index contributed by atoms with van der Waals surface area (Å²) in [4.78, 5) is 40.3. The maximum Gasteiger partial charge on any atom is 0.315 e. The molecule has 5 fully saturated rings. The lowest BCUT2D eigenvalue weighted by molar-refractivity contribution is -0.397. The Kier molecular flexibility index (Phi) is 15.2. The first-order valence-corrected chi connectivity index (χ1v) is 24.1. The molecule has 1 saturated carbocycles. The number of ether oxygens (including phenoxy) is 5. The molecule has 5 aliphatic heterocycles. The molecule has 4 saturated heterocycles. The van der Waals surface area contributed by atoms with Crippen molar-refractivity contribution in [1.29, 1.82) is 0 Å². The number of carboxylic acid groups (broad SMARTS) is 1. The Morgan fingerprint density at radius 3 is 2.15 bits per heavy atom. The van der Waals surface area contributed by atoms with Crippen LogP contribution in [-0.2, 0) is 33.3 Å². The highest BCUT2D eigenvalue weighted by Crippen LogP contribution is 2.54. The van der Waals surface area contributed by atoms with E-state index in [1.54, 1.807) is 6.92 Å². The van der Waals surface area contributed by atoms with Gasteiger partial charge in [0.25, 0.3) is 0 Å². The van der Waals surface area contributed by atoms with E-state index in [-0.39, 0.29) is 53.9 Å². The van der Waals surface area contributed by atoms with Gasteiger partial charge < -0.3 is 49.6 Å². The highest BCUT2D eigenvalue weighted by atomic mass is 16.8. The highest BCUT2D eigenvalue weighted by Gasteiger charge is 2.63. The summed E-state index contributed by atoms with van der Waals surface area (Å²) in [6.45, 7) is 19.8. The van der Waals surface area contributed by atoms with E-state index >= 15 is 0 Å². The molecule has 61 heavy (non-hydrogen) atoms. The van der Waals surface area contributed by atoms with Crippen molar-refractivity contribution in [2.75, 3.05) is 0 Å². The summed E-state index contributed by atoms with van der Waals surface area (Å²) in [7, 11) is 0. The monoisotopic (exact) mass is 861 g/mol. The fourth-order valence-corrected chi connectivity index (χ4v) is 12.1. The molecule has 348 valence electrons. The van der Waals surface area contributed by atoms with Crippen LogP contribution in [0.25, 0.3) is 0 Å². The van der Waals surface area contributed by atoms with Gasteiger partial charge in [0.05, 0.1) is 53.7 Å². The fourth-order valence-electron chi connectivity index (χ4n) is 12.1. The fraction of sp³-hybridized carbons (Fsp3) is 0.896. The summed E-state index contributed by atoms with van der Waals surface area (Å²) in [5, 5.41) is 39.3. The topological polar surface area (TPSA) is 182 Å². The average Bonchev–Trinajstić information content (AvgIpc) is 3.86. The Hall–Kier alpha value is -2.13. The molecule has 0 aromatic rings. The normalized spacial score (nSPS) is 43.1. The smallest absolute Gasteiger partial charge is 0.315 e. The minimum atomic E-state index is -1.31. The van der Waals surface area contributed by atoms with Crippen LogP contribution in [0.2, 0.25) is 0 Å². The third-order valence-corrected chi connectivity index (χ3v) is 16.5. The summed E-state index contributed by atoms with van der Waals surface area (Å²) >= 11 is 0. The SMILES string of the molecule is CCC(C(=O)[C@@H](C)[C@@H](O)[C@H](C)[C@@H]1O[C@@H]([C@@H](CC)C(=O)O)CC[C@@H]1C)[C@H]1O[C@]2(C=C[C@@H](NC(=O)NC3CCCC3)[C@]3(CC[C@@](C)([C@H]4CC[C@](O)(CC)[C@H](C)O4)O3)O2)[C@H](C)C[C@@H]1C. The first kappa shape index (κ1) is 48.3. The van der Waals surface area contributed by atoms with E-state index in [1.165, 1.54) is 0 Å². The molecule has 0 bridgehead atoms. The van der Waals surface area contributed by atoms with Crippen molar-refractivity contribution in [2.45, 2.75) is 231 Å². The number of carbonyl (C=O) groups excluding carboxylic acids is 2. The third-order valence-electron chi connectivity index (χ3n) is 16.5. The molecular formula is C48H80N2O11. The molecule has 0 radical (unpaired) electrons. The number of aliphatic carboxylic acids is 1. The van der Waals surface area contributed by atoms with Crippen LogP contribution in [0.3, 0.4) is 0 Å². The number of hydrogen-bond acceptors (Lipinski definition) is 10. The number of urea groups is 1. The molecule has 6 rings (SSSR count). The van der Waals surface area contributed by atoms with Gasteiger partial charge in [-0.15, -0.1) is 0 Å². The Balaban J connectivity index is 1.23. The van der Waals surface area contributed by atoms with Gasteiger partial charge in [-0.05, 0) is 102 Å². The quantitative estimate of drug-likeness (QED) is 0.110. The number of carbonyl (C=O) groups is 3. The second kappa shape index (κ2) is 19.1. The molecule has 13 nitrogen and oxygen atoms in total. The summed E-state index contributed by atoms with van der Waals surface area (Å²) < 4.78 is 34.6. The Labute approximate surface area is 365 Å². The zero-order valence-electron chi connectivity index (χ0n) is 38.8. The largest absolute Gasteiger partial charge is 0.481 e. The second-order valence-corrected chi connectivity index (χ2v) is 20.5. The lowest BCUT2D eigenvalue weighted by Crippen LogP contribution is -2.66. The van der Waals surface area contributed by atoms with Gasteiger partial charge in [-0.3, -0.25) is 9.59 Å². The molecule has 2 spiro atoms. The van der Waals surface area contributed by atoms with Gasteiger partial charge in [-0.25, -0.2) is 4.79 Å². The van der Waals surface area contributed by atoms with Crippen LogP contribution in [0.1, 0.15) is 159 Å². The number of aliphatic hydroxyl groups excluding tert-OH is 1. The Morgan fingerprint density at radius 1 is 0.836 bits per heavy atom. The van der Waals surface area contributed by atoms with E-state index in [1.807, 2.05) is 53.7 Å². The van der Waals surface area contributed by atoms with Crippen molar-refractivity contribution in [2.24, 2.45) is 41.4 Å². The summed E-state index contributed by atoms with van der Waals surface area (Å²) in [5.41, 5.74) is -1.68. The maximum atomic E-state index is 14.7. The minimum Gasteiger partial charge on any atom is -0.481 e. The number of amides is 2. The van der Waals surface area contributed by atoms with Crippen LogP contribution < -0.4 is 10.6 Å². The van der Waals surface area contributed by atoms with E-state index in [0.717, 1.165) is 32.1 Å². The molecule has 0 aromatic carbocycles. The standard InChI is InChI=1S/C48H80N2O11/c1-11-34(43(53)54)36-19-18-27(4)41(58-36)31(8)39(51)30(7)40(52)35(12-2)42-28(5)26-29(6)47(59-42)23-20-37(50-44(55)49-33-16-14-15-17-33)48(61-47)25-24-45(10,60-48)38-21-22-46(56,13-3)32(9)57-38/h20,23,27-39,41-42,51,56H,11-19,21-22,24-26H2,1-10H3,(H,53,54)(H2,49,50,55)/t27-,28-,29+,30-,31-,32-,34+,35?,36+,37+,38+,39+,41+,42-,45-,46+,47-,48-/m0/s1. The van der Waals surface area contributed by atoms with Crippen molar-refractivity contribution in [3.8, 4) is 0 Å². The van der Waals surface area contributed by atoms with Gasteiger partial charge in [0, 0.05) is 36.1 Å². The number of rotatable bonds is 14. The van der Waals surface area contributed by atoms with Gasteiger partial charge in [0.2, 0.25) is 0 Å². The van der Waals surface area contributed by atoms with Crippen molar-refractivity contribution in [3.63, 3.8) is 0 Å². The van der Waals surface area contributed by atoms with Gasteiger partial charge in [0.15, 0.2) is 11.6 Å². The van der Waals surface area contributed by atoms with Crippen LogP contribution in [0, 0.1) is 41.4 Å². The second-order valence-electron chi connectivity index (χ2n) is 20.5. The van der Waals surface area contributed by atoms with E-state index in [0.29, 0.717) is 57.8 Å². The molecule has 0 aromatic heterocycles. The van der Waals surface area contributed by atoms with Crippen LogP contribution in [0.5, 0.6) is 0 Å². The Morgan fingerprint density at radius 2 is 1.52 bits per heavy atom. The first-order chi connectivity index (χ1) is 28.8. The minimum absolute atomic E-state index is 0.00839. The van der Waals surface area contributed by atoms with Crippen LogP contribution >= 0.6 is 0 Å². The molecular weight excluding hydrogens is 781 g/mol. The third kappa shape index (κ3) is 9.64. The van der Waals surface area contributed by atoms with Gasteiger partial charge in [0.1, 0.15) is 11.8 Å². The van der Waals surface area contributed by atoms with Crippen molar-refractivity contribution >= 4 is 17.8 Å². The molecule has 13 heteroatoms. The van der Waals surface area contributed by atoms with Crippen molar-refractivity contribution in [1.82, 2.24) is 10.6 Å². The number of nitrogens with one attached hydrogen (secondary N) is 2. The molecule has 18 atom stereocenters. The summed E-state index contributed by atoms with van der Waals surface area (Å²) in [6, 6.07) is -0.792. The predicted molar refractivity (Wildman–Crippen MR) is 230 cm³/mol. The molecule has 2 amide bonds. The number of hydrogen-bond donors (Lipinski definition) is 5. The first-order valence-electron chi connectivity index (χ1n) is 24.1. The van der Waals surface area contributed by atoms with E-state index in [9.17, 15) is 29.7 Å². The van der Waals surface area contributed by atoms with Crippen LogP contribution in [-0.4, -0.2) is 105 Å². The number of ketones is 1. The molecule has 6 aliphatic rings. The van der Waals surface area contributed by atoms with Crippen LogP contribution in [0.15, 0.2) is 12.2 Å². The zero-order valence-corrected chi connectivity index (χ0v) is 38.8. The number of carboxylic acids is 1. The predicted octanol–water partition coefficient (Wildman–Crippen LogP) is 7.44. The Bertz CT molecular complexity index is 1570. The van der Waals surface area contributed by atoms with Crippen molar-refractivity contribution < 1.29 is 53.4 Å². The van der Waals surface area contributed by atoms with E-state index in [4.69, 9.17) is 23.7 Å². The van der Waals surface area contributed by atoms with E-state index in [2.05, 4.69) is 31.4 Å².